The first-order chi connectivity index (χ1) is 10.9. The molecule has 0 radical (unpaired) electrons. The lowest BCUT2D eigenvalue weighted by molar-refractivity contribution is -0.128. The summed E-state index contributed by atoms with van der Waals surface area (Å²) in [6.45, 7) is 5.95. The number of aliphatic hydroxyl groups is 1. The molecule has 0 spiro atoms. The number of thiophene rings is 1. The normalized spacial score (nSPS) is 18.9. The number of nitrogens with one attached hydrogen (secondary N) is 1. The van der Waals surface area contributed by atoms with Gasteiger partial charge in [0.2, 0.25) is 0 Å². The van der Waals surface area contributed by atoms with Gasteiger partial charge in [0.05, 0.1) is 6.54 Å². The molecule has 0 bridgehead atoms. The molecule has 23 heavy (non-hydrogen) atoms. The van der Waals surface area contributed by atoms with Crippen molar-refractivity contribution in [1.29, 1.82) is 0 Å². The predicted molar refractivity (Wildman–Crippen MR) is 90.9 cm³/mol. The molecular formula is C18H21NO3S. The maximum Gasteiger partial charge on any atom is 0.261 e. The van der Waals surface area contributed by atoms with E-state index in [0.29, 0.717) is 6.42 Å². The number of carbonyl (C=O) groups is 1. The molecule has 1 amide bonds. The number of aryl methyl sites for hydroxylation is 2. The summed E-state index contributed by atoms with van der Waals surface area (Å²) in [4.78, 5) is 12.4. The first-order valence-electron chi connectivity index (χ1n) is 7.66. The molecule has 2 unspecified atom stereocenters. The molecule has 0 fully saturated rings. The summed E-state index contributed by atoms with van der Waals surface area (Å²) in [6.07, 6.45) is 0.0487. The van der Waals surface area contributed by atoms with Crippen molar-refractivity contribution in [2.75, 3.05) is 6.54 Å². The van der Waals surface area contributed by atoms with E-state index in [2.05, 4.69) is 18.3 Å². The van der Waals surface area contributed by atoms with Crippen LogP contribution >= 0.6 is 11.3 Å². The molecule has 2 N–H and O–H groups in total. The van der Waals surface area contributed by atoms with Gasteiger partial charge in [-0.25, -0.2) is 0 Å². The number of benzene rings is 1. The van der Waals surface area contributed by atoms with Crippen molar-refractivity contribution in [3.63, 3.8) is 0 Å². The molecule has 3 rings (SSSR count). The van der Waals surface area contributed by atoms with E-state index >= 15 is 0 Å². The second-order valence-electron chi connectivity index (χ2n) is 6.36. The van der Waals surface area contributed by atoms with E-state index in [1.165, 1.54) is 16.9 Å². The Hall–Kier alpha value is -1.85. The van der Waals surface area contributed by atoms with Crippen molar-refractivity contribution in [3.8, 4) is 5.75 Å². The lowest BCUT2D eigenvalue weighted by atomic mass is 9.99. The number of carbonyl (C=O) groups excluding carboxylic acids is 1. The summed E-state index contributed by atoms with van der Waals surface area (Å²) in [5.74, 6) is 0.602. The van der Waals surface area contributed by atoms with Gasteiger partial charge in [-0.2, -0.15) is 11.3 Å². The first-order valence-corrected chi connectivity index (χ1v) is 8.60. The summed E-state index contributed by atoms with van der Waals surface area (Å²) in [6, 6.07) is 5.93. The number of fused-ring (bicyclic) bond motifs is 1. The van der Waals surface area contributed by atoms with Crippen LogP contribution in [-0.4, -0.2) is 23.7 Å². The Morgan fingerprint density at radius 2 is 2.17 bits per heavy atom. The lowest BCUT2D eigenvalue weighted by Crippen LogP contribution is -2.44. The summed E-state index contributed by atoms with van der Waals surface area (Å²) in [5.41, 5.74) is 3.16. The van der Waals surface area contributed by atoms with Crippen molar-refractivity contribution in [1.82, 2.24) is 5.32 Å². The molecule has 2 atom stereocenters. The number of hydrogen-bond acceptors (Lipinski definition) is 4. The summed E-state index contributed by atoms with van der Waals surface area (Å²) in [5, 5.41) is 17.1. The van der Waals surface area contributed by atoms with Crippen LogP contribution in [0, 0.1) is 13.8 Å². The van der Waals surface area contributed by atoms with E-state index in [9.17, 15) is 9.90 Å². The van der Waals surface area contributed by atoms with E-state index in [4.69, 9.17) is 4.74 Å². The Morgan fingerprint density at radius 1 is 1.43 bits per heavy atom. The van der Waals surface area contributed by atoms with E-state index in [-0.39, 0.29) is 12.5 Å². The van der Waals surface area contributed by atoms with Gasteiger partial charge in [-0.05, 0) is 65.9 Å². The van der Waals surface area contributed by atoms with Gasteiger partial charge in [-0.1, -0.05) is 6.07 Å². The minimum Gasteiger partial charge on any atom is -0.480 e. The highest BCUT2D eigenvalue weighted by Gasteiger charge is 2.31. The van der Waals surface area contributed by atoms with E-state index < -0.39 is 11.7 Å². The van der Waals surface area contributed by atoms with Crippen LogP contribution in [0.5, 0.6) is 5.75 Å². The second kappa shape index (κ2) is 5.98. The molecule has 0 saturated carbocycles. The van der Waals surface area contributed by atoms with Crippen LogP contribution in [0.1, 0.15) is 29.2 Å². The molecule has 1 aromatic heterocycles. The van der Waals surface area contributed by atoms with E-state index in [0.717, 1.165) is 22.4 Å². The predicted octanol–water partition coefficient (Wildman–Crippen LogP) is 2.69. The minimum atomic E-state index is -1.08. The van der Waals surface area contributed by atoms with Crippen LogP contribution in [0.3, 0.4) is 0 Å². The molecule has 1 aliphatic rings. The summed E-state index contributed by atoms with van der Waals surface area (Å²) >= 11 is 1.52. The summed E-state index contributed by atoms with van der Waals surface area (Å²) in [7, 11) is 0. The number of hydrogen-bond donors (Lipinski definition) is 2. The molecule has 0 aliphatic carbocycles. The molecular weight excluding hydrogens is 310 g/mol. The molecule has 0 saturated heterocycles. The van der Waals surface area contributed by atoms with Gasteiger partial charge >= 0.3 is 0 Å². The average Bonchev–Trinajstić information content (AvgIpc) is 3.15. The van der Waals surface area contributed by atoms with Crippen LogP contribution in [0.2, 0.25) is 0 Å². The third-order valence-electron chi connectivity index (χ3n) is 4.39. The van der Waals surface area contributed by atoms with Crippen molar-refractivity contribution in [2.45, 2.75) is 38.9 Å². The highest BCUT2D eigenvalue weighted by atomic mass is 32.1. The average molecular weight is 331 g/mol. The standard InChI is InChI=1S/C18H21NO3S/c1-11-6-13-8-16(22-15(13)7-12(11)2)17(20)19-10-18(3,21)14-4-5-23-9-14/h4-7,9,16,21H,8,10H2,1-3H3,(H,19,20). The van der Waals surface area contributed by atoms with Gasteiger partial charge in [0.15, 0.2) is 6.10 Å². The molecule has 5 heteroatoms. The Labute approximate surface area is 140 Å². The van der Waals surface area contributed by atoms with Gasteiger partial charge in [0, 0.05) is 6.42 Å². The van der Waals surface area contributed by atoms with E-state index in [1.807, 2.05) is 29.8 Å². The van der Waals surface area contributed by atoms with Crippen LogP contribution in [0.25, 0.3) is 0 Å². The number of ether oxygens (including phenoxy) is 1. The van der Waals surface area contributed by atoms with Crippen LogP contribution < -0.4 is 10.1 Å². The van der Waals surface area contributed by atoms with Crippen LogP contribution in [0.4, 0.5) is 0 Å². The highest BCUT2D eigenvalue weighted by Crippen LogP contribution is 2.31. The van der Waals surface area contributed by atoms with Crippen molar-refractivity contribution < 1.29 is 14.6 Å². The zero-order chi connectivity index (χ0) is 16.6. The van der Waals surface area contributed by atoms with Gasteiger partial charge < -0.3 is 15.2 Å². The fourth-order valence-corrected chi connectivity index (χ4v) is 3.49. The van der Waals surface area contributed by atoms with Gasteiger partial charge in [0.25, 0.3) is 5.91 Å². The molecule has 122 valence electrons. The fourth-order valence-electron chi connectivity index (χ4n) is 2.71. The van der Waals surface area contributed by atoms with Crippen molar-refractivity contribution in [3.05, 3.63) is 51.2 Å². The molecule has 1 aliphatic heterocycles. The minimum absolute atomic E-state index is 0.164. The maximum atomic E-state index is 12.4. The van der Waals surface area contributed by atoms with Gasteiger partial charge in [-0.3, -0.25) is 4.79 Å². The number of rotatable bonds is 4. The van der Waals surface area contributed by atoms with Crippen molar-refractivity contribution in [2.24, 2.45) is 0 Å². The molecule has 4 nitrogen and oxygen atoms in total. The van der Waals surface area contributed by atoms with Gasteiger partial charge in [0.1, 0.15) is 11.4 Å². The zero-order valence-electron chi connectivity index (χ0n) is 13.6. The highest BCUT2D eigenvalue weighted by molar-refractivity contribution is 7.08. The monoisotopic (exact) mass is 331 g/mol. The number of amides is 1. The smallest absolute Gasteiger partial charge is 0.261 e. The fraction of sp³-hybridized carbons (Fsp3) is 0.389. The molecule has 2 heterocycles. The largest absolute Gasteiger partial charge is 0.480 e. The Kier molecular flexibility index (Phi) is 4.17. The van der Waals surface area contributed by atoms with E-state index in [1.54, 1.807) is 6.92 Å². The Balaban J connectivity index is 1.62. The topological polar surface area (TPSA) is 58.6 Å². The Morgan fingerprint density at radius 3 is 2.87 bits per heavy atom. The maximum absolute atomic E-state index is 12.4. The first kappa shape index (κ1) is 16.0. The van der Waals surface area contributed by atoms with Crippen LogP contribution in [0.15, 0.2) is 29.0 Å². The molecule has 2 aromatic rings. The summed E-state index contributed by atoms with van der Waals surface area (Å²) < 4.78 is 5.77. The van der Waals surface area contributed by atoms with Gasteiger partial charge in [-0.15, -0.1) is 0 Å². The molecule has 1 aromatic carbocycles. The SMILES string of the molecule is Cc1cc2c(cc1C)OC(C(=O)NCC(C)(O)c1ccsc1)C2. The lowest BCUT2D eigenvalue weighted by Gasteiger charge is -2.23. The zero-order valence-corrected chi connectivity index (χ0v) is 14.4. The Bertz CT molecular complexity index is 691. The quantitative estimate of drug-likeness (QED) is 0.906. The third-order valence-corrected chi connectivity index (χ3v) is 5.08. The van der Waals surface area contributed by atoms with Crippen LogP contribution in [-0.2, 0) is 16.8 Å². The third kappa shape index (κ3) is 3.26. The van der Waals surface area contributed by atoms with Crippen molar-refractivity contribution >= 4 is 17.2 Å². The second-order valence-corrected chi connectivity index (χ2v) is 7.14.